The quantitative estimate of drug-likeness (QED) is 0.443. The number of hydrogen-bond donors (Lipinski definition) is 0. The van der Waals surface area contributed by atoms with Crippen molar-refractivity contribution in [3.63, 3.8) is 0 Å². The molecule has 0 radical (unpaired) electrons. The number of para-hydroxylation sites is 1. The van der Waals surface area contributed by atoms with E-state index in [2.05, 4.69) is 10.1 Å². The summed E-state index contributed by atoms with van der Waals surface area (Å²) >= 11 is 1.28. The summed E-state index contributed by atoms with van der Waals surface area (Å²) in [6, 6.07) is 12.9. The highest BCUT2D eigenvalue weighted by Gasteiger charge is 2.16. The molecule has 158 valence electrons. The number of nitrogens with zero attached hydrogens (tertiary/aromatic N) is 5. The first-order valence-corrected chi connectivity index (χ1v) is 10.3. The predicted octanol–water partition coefficient (Wildman–Crippen LogP) is 4.05. The van der Waals surface area contributed by atoms with E-state index in [1.54, 1.807) is 18.7 Å². The van der Waals surface area contributed by atoms with E-state index in [-0.39, 0.29) is 16.8 Å². The maximum Gasteiger partial charge on any atom is 0.297 e. The summed E-state index contributed by atoms with van der Waals surface area (Å²) in [5.41, 5.74) is 1.88. The molecule has 0 N–H and O–H groups in total. The fraction of sp³-hybridized carbons (Fsp3) is 0.136. The molecule has 0 fully saturated rings. The molecule has 31 heavy (non-hydrogen) atoms. The average molecular weight is 439 g/mol. The Morgan fingerprint density at radius 2 is 1.68 bits per heavy atom. The minimum Gasteiger partial charge on any atom is -0.283 e. The van der Waals surface area contributed by atoms with Crippen molar-refractivity contribution in [3.05, 3.63) is 97.7 Å². The van der Waals surface area contributed by atoms with Crippen molar-refractivity contribution in [2.24, 2.45) is 17.1 Å². The highest BCUT2D eigenvalue weighted by molar-refractivity contribution is 7.07. The molecule has 6 nitrogen and oxygen atoms in total. The summed E-state index contributed by atoms with van der Waals surface area (Å²) in [5, 5.41) is 6.02. The van der Waals surface area contributed by atoms with Crippen LogP contribution >= 0.6 is 11.3 Å². The van der Waals surface area contributed by atoms with Crippen LogP contribution in [0.5, 0.6) is 0 Å². The third-order valence-electron chi connectivity index (χ3n) is 4.88. The molecule has 9 heteroatoms. The van der Waals surface area contributed by atoms with E-state index in [4.69, 9.17) is 0 Å². The number of hydrogen-bond acceptors (Lipinski definition) is 4. The molecule has 0 saturated heterocycles. The maximum atomic E-state index is 13.9. The summed E-state index contributed by atoms with van der Waals surface area (Å²) in [6.45, 7) is 3.60. The first-order chi connectivity index (χ1) is 14.9. The van der Waals surface area contributed by atoms with Gasteiger partial charge in [-0.05, 0) is 38.1 Å². The van der Waals surface area contributed by atoms with Gasteiger partial charge in [-0.25, -0.2) is 23.1 Å². The molecule has 0 saturated carbocycles. The summed E-state index contributed by atoms with van der Waals surface area (Å²) in [4.78, 5) is 18.1. The van der Waals surface area contributed by atoms with Gasteiger partial charge in [-0.15, -0.1) is 11.3 Å². The number of halogens is 2. The lowest BCUT2D eigenvalue weighted by atomic mass is 10.2. The third-order valence-corrected chi connectivity index (χ3v) is 5.82. The lowest BCUT2D eigenvalue weighted by Gasteiger charge is -2.07. The van der Waals surface area contributed by atoms with Gasteiger partial charge in [0.25, 0.3) is 5.56 Å². The van der Waals surface area contributed by atoms with E-state index in [0.717, 1.165) is 11.9 Å². The molecule has 0 aliphatic heterocycles. The molecule has 2 aromatic carbocycles. The van der Waals surface area contributed by atoms with E-state index >= 15 is 0 Å². The van der Waals surface area contributed by atoms with Gasteiger partial charge in [0.15, 0.2) is 5.69 Å². The molecule has 0 amide bonds. The minimum atomic E-state index is -0.708. The molecule has 4 aromatic rings. The lowest BCUT2D eigenvalue weighted by molar-refractivity contribution is 0.579. The summed E-state index contributed by atoms with van der Waals surface area (Å²) in [5.74, 6) is -1.42. The van der Waals surface area contributed by atoms with Crippen molar-refractivity contribution in [1.82, 2.24) is 14.0 Å². The highest BCUT2D eigenvalue weighted by Crippen LogP contribution is 2.17. The van der Waals surface area contributed by atoms with E-state index < -0.39 is 11.6 Å². The van der Waals surface area contributed by atoms with Crippen molar-refractivity contribution >= 4 is 23.2 Å². The zero-order chi connectivity index (χ0) is 22.1. The average Bonchev–Trinajstić information content (AvgIpc) is 3.20. The van der Waals surface area contributed by atoms with E-state index in [9.17, 15) is 13.6 Å². The molecule has 2 heterocycles. The summed E-state index contributed by atoms with van der Waals surface area (Å²) in [7, 11) is 1.79. The Bertz CT molecular complexity index is 1390. The molecule has 0 aliphatic carbocycles. The second-order valence-electron chi connectivity index (χ2n) is 6.87. The zero-order valence-corrected chi connectivity index (χ0v) is 17.9. The summed E-state index contributed by atoms with van der Waals surface area (Å²) in [6.07, 6.45) is 1.11. The second kappa shape index (κ2) is 8.27. The largest absolute Gasteiger partial charge is 0.297 e. The Balaban J connectivity index is 1.84. The highest BCUT2D eigenvalue weighted by atomic mass is 32.1. The number of thiazole rings is 1. The van der Waals surface area contributed by atoms with Crippen LogP contribution in [-0.2, 0) is 7.05 Å². The van der Waals surface area contributed by atoms with Crippen molar-refractivity contribution < 1.29 is 8.78 Å². The van der Waals surface area contributed by atoms with Crippen molar-refractivity contribution in [1.29, 1.82) is 0 Å². The van der Waals surface area contributed by atoms with Gasteiger partial charge in [-0.2, -0.15) is 5.10 Å². The first kappa shape index (κ1) is 20.7. The van der Waals surface area contributed by atoms with Crippen LogP contribution in [0.2, 0.25) is 0 Å². The van der Waals surface area contributed by atoms with Crippen molar-refractivity contribution in [3.8, 4) is 5.69 Å². The SMILES string of the molecule is Cc1csc(=Nc2c(C)n(C)n(-c3ccccc3)c2=O)n1N=Cc1c(F)cccc1F. The molecule has 4 rings (SSSR count). The molecular formula is C22H19F2N5OS. The first-order valence-electron chi connectivity index (χ1n) is 9.42. The Morgan fingerprint density at radius 1 is 1.00 bits per heavy atom. The van der Waals surface area contributed by atoms with E-state index in [1.807, 2.05) is 42.6 Å². The predicted molar refractivity (Wildman–Crippen MR) is 117 cm³/mol. The molecular weight excluding hydrogens is 420 g/mol. The topological polar surface area (TPSA) is 56.6 Å². The maximum absolute atomic E-state index is 13.9. The number of aryl methyl sites for hydroxylation is 1. The van der Waals surface area contributed by atoms with Crippen molar-refractivity contribution in [2.75, 3.05) is 0 Å². The fourth-order valence-corrected chi connectivity index (χ4v) is 3.94. The smallest absolute Gasteiger partial charge is 0.283 e. The van der Waals surface area contributed by atoms with Gasteiger partial charge in [-0.1, -0.05) is 24.3 Å². The van der Waals surface area contributed by atoms with Crippen LogP contribution in [0.3, 0.4) is 0 Å². The van der Waals surface area contributed by atoms with Crippen LogP contribution in [-0.4, -0.2) is 20.3 Å². The number of rotatable bonds is 4. The second-order valence-corrected chi connectivity index (χ2v) is 7.71. The number of aromatic nitrogens is 3. The van der Waals surface area contributed by atoms with Crippen LogP contribution in [0.4, 0.5) is 14.5 Å². The molecule has 2 aromatic heterocycles. The monoisotopic (exact) mass is 439 g/mol. The van der Waals surface area contributed by atoms with Gasteiger partial charge in [0, 0.05) is 12.4 Å². The molecule has 0 aliphatic rings. The molecule has 0 unspecified atom stereocenters. The van der Waals surface area contributed by atoms with Gasteiger partial charge in [-0.3, -0.25) is 9.48 Å². The van der Waals surface area contributed by atoms with Crippen molar-refractivity contribution in [2.45, 2.75) is 13.8 Å². The van der Waals surface area contributed by atoms with Crippen LogP contribution in [0.1, 0.15) is 17.0 Å². The fourth-order valence-electron chi connectivity index (χ4n) is 3.13. The molecule has 0 spiro atoms. The van der Waals surface area contributed by atoms with E-state index in [1.165, 1.54) is 38.9 Å². The van der Waals surface area contributed by atoms with Gasteiger partial charge in [0.1, 0.15) is 11.6 Å². The van der Waals surface area contributed by atoms with Crippen LogP contribution in [0.15, 0.2) is 68.8 Å². The van der Waals surface area contributed by atoms with Gasteiger partial charge in [0.05, 0.1) is 28.9 Å². The Labute approximate surface area is 180 Å². The minimum absolute atomic E-state index is 0.242. The Kier molecular flexibility index (Phi) is 5.51. The van der Waals surface area contributed by atoms with Crippen LogP contribution in [0, 0.1) is 25.5 Å². The van der Waals surface area contributed by atoms with Gasteiger partial charge in [0.2, 0.25) is 4.80 Å². The lowest BCUT2D eigenvalue weighted by Crippen LogP contribution is -2.20. The zero-order valence-electron chi connectivity index (χ0n) is 17.1. The normalized spacial score (nSPS) is 12.2. The standard InChI is InChI=1S/C22H19F2N5OS/c1-14-13-31-22(28(14)25-12-17-18(23)10-7-11-19(17)24)26-20-15(2)27(3)29(21(20)30)16-8-5-4-6-9-16/h4-13H,1-3H3. The van der Waals surface area contributed by atoms with Crippen LogP contribution < -0.4 is 10.4 Å². The third kappa shape index (κ3) is 3.79. The Hall–Kier alpha value is -3.59. The van der Waals surface area contributed by atoms with E-state index in [0.29, 0.717) is 16.2 Å². The number of benzene rings is 2. The van der Waals surface area contributed by atoms with Gasteiger partial charge >= 0.3 is 0 Å². The molecule has 0 bridgehead atoms. The Morgan fingerprint density at radius 3 is 2.35 bits per heavy atom. The van der Waals surface area contributed by atoms with Gasteiger partial charge < -0.3 is 0 Å². The summed E-state index contributed by atoms with van der Waals surface area (Å²) < 4.78 is 32.6. The molecule has 0 atom stereocenters. The van der Waals surface area contributed by atoms with Crippen LogP contribution in [0.25, 0.3) is 5.69 Å².